The van der Waals surface area contributed by atoms with E-state index in [9.17, 15) is 4.79 Å². The summed E-state index contributed by atoms with van der Waals surface area (Å²) >= 11 is 0. The van der Waals surface area contributed by atoms with Gasteiger partial charge >= 0.3 is 0 Å². The molecule has 5 nitrogen and oxygen atoms in total. The van der Waals surface area contributed by atoms with E-state index in [1.165, 1.54) is 11.1 Å². The Labute approximate surface area is 200 Å². The van der Waals surface area contributed by atoms with Crippen molar-refractivity contribution in [3.8, 4) is 17.0 Å². The zero-order valence-corrected chi connectivity index (χ0v) is 19.8. The molecular weight excluding hydrogens is 422 g/mol. The Balaban J connectivity index is 1.53. The Morgan fingerprint density at radius 2 is 1.68 bits per heavy atom. The third-order valence-corrected chi connectivity index (χ3v) is 6.63. The molecule has 5 rings (SSSR count). The number of nitrogens with one attached hydrogen (secondary N) is 1. The lowest BCUT2D eigenvalue weighted by Gasteiger charge is -2.27. The molecular formula is C29H29N3O2. The van der Waals surface area contributed by atoms with Gasteiger partial charge in [-0.05, 0) is 41.2 Å². The van der Waals surface area contributed by atoms with Crippen LogP contribution in [0.4, 0.5) is 0 Å². The molecule has 1 unspecified atom stereocenters. The molecule has 1 atom stereocenters. The molecule has 172 valence electrons. The van der Waals surface area contributed by atoms with Gasteiger partial charge in [0.1, 0.15) is 11.4 Å². The van der Waals surface area contributed by atoms with Gasteiger partial charge in [-0.2, -0.15) is 5.10 Å². The number of H-pyrrole nitrogens is 1. The van der Waals surface area contributed by atoms with E-state index in [0.29, 0.717) is 18.2 Å². The monoisotopic (exact) mass is 451 g/mol. The number of amides is 1. The number of hydrogen-bond donors (Lipinski definition) is 1. The summed E-state index contributed by atoms with van der Waals surface area (Å²) < 4.78 is 5.28. The minimum Gasteiger partial charge on any atom is -0.497 e. The van der Waals surface area contributed by atoms with Crippen molar-refractivity contribution in [3.05, 3.63) is 107 Å². The summed E-state index contributed by atoms with van der Waals surface area (Å²) in [6.45, 7) is 4.99. The summed E-state index contributed by atoms with van der Waals surface area (Å²) in [6.07, 6.45) is 0.759. The number of ether oxygens (including phenoxy) is 1. The van der Waals surface area contributed by atoms with Crippen LogP contribution in [0.1, 0.15) is 58.5 Å². The number of aromatic amines is 1. The Morgan fingerprint density at radius 1 is 0.971 bits per heavy atom. The predicted molar refractivity (Wildman–Crippen MR) is 134 cm³/mol. The van der Waals surface area contributed by atoms with E-state index < -0.39 is 0 Å². The number of rotatable bonds is 7. The molecule has 1 aromatic heterocycles. The summed E-state index contributed by atoms with van der Waals surface area (Å²) in [6, 6.07) is 26.6. The van der Waals surface area contributed by atoms with Crippen molar-refractivity contribution in [1.82, 2.24) is 15.1 Å². The van der Waals surface area contributed by atoms with Crippen molar-refractivity contribution in [1.29, 1.82) is 0 Å². The number of carbonyl (C=O) groups is 1. The van der Waals surface area contributed by atoms with E-state index in [4.69, 9.17) is 4.74 Å². The van der Waals surface area contributed by atoms with Gasteiger partial charge < -0.3 is 9.64 Å². The number of nitrogens with zero attached hydrogens (tertiary/aromatic N) is 2. The van der Waals surface area contributed by atoms with Crippen LogP contribution in [-0.2, 0) is 6.42 Å². The molecule has 0 bridgehead atoms. The van der Waals surface area contributed by atoms with E-state index in [2.05, 4.69) is 60.4 Å². The molecule has 1 aliphatic heterocycles. The van der Waals surface area contributed by atoms with Crippen LogP contribution in [0.25, 0.3) is 11.3 Å². The zero-order valence-electron chi connectivity index (χ0n) is 19.8. The Hall–Kier alpha value is -3.86. The van der Waals surface area contributed by atoms with Gasteiger partial charge in [-0.3, -0.25) is 9.89 Å². The fourth-order valence-corrected chi connectivity index (χ4v) is 4.69. The van der Waals surface area contributed by atoms with Crippen LogP contribution in [0.3, 0.4) is 0 Å². The van der Waals surface area contributed by atoms with Gasteiger partial charge in [-0.15, -0.1) is 0 Å². The lowest BCUT2D eigenvalue weighted by Crippen LogP contribution is -2.31. The lowest BCUT2D eigenvalue weighted by molar-refractivity contribution is 0.0746. The number of methoxy groups -OCH3 is 1. The van der Waals surface area contributed by atoms with Gasteiger partial charge in [0.05, 0.1) is 18.8 Å². The van der Waals surface area contributed by atoms with Crippen LogP contribution in [0.15, 0.2) is 78.9 Å². The van der Waals surface area contributed by atoms with E-state index >= 15 is 0 Å². The highest BCUT2D eigenvalue weighted by molar-refractivity contribution is 6.00. The topological polar surface area (TPSA) is 58.2 Å². The maximum atomic E-state index is 13.6. The van der Waals surface area contributed by atoms with Crippen molar-refractivity contribution < 1.29 is 9.53 Å². The van der Waals surface area contributed by atoms with E-state index in [-0.39, 0.29) is 11.9 Å². The summed E-state index contributed by atoms with van der Waals surface area (Å²) in [5.74, 6) is 1.28. The number of fused-ring (bicyclic) bond motifs is 1. The van der Waals surface area contributed by atoms with Crippen molar-refractivity contribution in [2.24, 2.45) is 0 Å². The highest BCUT2D eigenvalue weighted by Crippen LogP contribution is 2.43. The molecule has 34 heavy (non-hydrogen) atoms. The molecule has 3 aromatic carbocycles. The summed E-state index contributed by atoms with van der Waals surface area (Å²) in [7, 11) is 1.67. The van der Waals surface area contributed by atoms with Crippen molar-refractivity contribution in [2.75, 3.05) is 13.7 Å². The third-order valence-electron chi connectivity index (χ3n) is 6.63. The van der Waals surface area contributed by atoms with Gasteiger partial charge in [-0.1, -0.05) is 80.6 Å². The quantitative estimate of drug-likeness (QED) is 0.375. The summed E-state index contributed by atoms with van der Waals surface area (Å²) in [5.41, 5.74) is 6.95. The average Bonchev–Trinajstić information content (AvgIpc) is 3.42. The second-order valence-corrected chi connectivity index (χ2v) is 9.05. The fourth-order valence-electron chi connectivity index (χ4n) is 4.69. The van der Waals surface area contributed by atoms with Gasteiger partial charge in [0.2, 0.25) is 0 Å². The largest absolute Gasteiger partial charge is 0.497 e. The first-order chi connectivity index (χ1) is 16.6. The van der Waals surface area contributed by atoms with Crippen LogP contribution < -0.4 is 4.74 Å². The van der Waals surface area contributed by atoms with Gasteiger partial charge in [-0.25, -0.2) is 0 Å². The number of carbonyl (C=O) groups excluding carboxylic acids is 1. The highest BCUT2D eigenvalue weighted by atomic mass is 16.5. The van der Waals surface area contributed by atoms with E-state index in [1.54, 1.807) is 7.11 Å². The Bertz CT molecular complexity index is 1280. The standard InChI is InChI=1S/C29H29N3O2/c1-19(2)21-11-13-23(14-12-21)28-25-26(22-7-5-4-6-8-22)30-31-27(25)29(33)32(28)18-17-20-9-15-24(34-3)16-10-20/h4-16,19,28H,17-18H2,1-3H3,(H,30,31). The predicted octanol–water partition coefficient (Wildman–Crippen LogP) is 6.00. The Kier molecular flexibility index (Phi) is 5.93. The maximum Gasteiger partial charge on any atom is 0.273 e. The average molecular weight is 452 g/mol. The van der Waals surface area contributed by atoms with Crippen LogP contribution >= 0.6 is 0 Å². The van der Waals surface area contributed by atoms with E-state index in [0.717, 1.165) is 34.6 Å². The molecule has 5 heteroatoms. The molecule has 1 amide bonds. The molecule has 0 saturated carbocycles. The molecule has 0 spiro atoms. The third kappa shape index (κ3) is 3.98. The van der Waals surface area contributed by atoms with E-state index in [1.807, 2.05) is 47.4 Å². The van der Waals surface area contributed by atoms with Crippen LogP contribution in [0, 0.1) is 0 Å². The van der Waals surface area contributed by atoms with Gasteiger partial charge in [0, 0.05) is 17.7 Å². The van der Waals surface area contributed by atoms with Crippen molar-refractivity contribution in [2.45, 2.75) is 32.2 Å². The molecule has 4 aromatic rings. The van der Waals surface area contributed by atoms with Crippen LogP contribution in [0.5, 0.6) is 5.75 Å². The summed E-state index contributed by atoms with van der Waals surface area (Å²) in [5, 5.41) is 7.61. The Morgan fingerprint density at radius 3 is 2.32 bits per heavy atom. The van der Waals surface area contributed by atoms with Gasteiger partial charge in [0.15, 0.2) is 0 Å². The SMILES string of the molecule is COc1ccc(CCN2C(=O)c3[nH]nc(-c4ccccc4)c3C2c2ccc(C(C)C)cc2)cc1. The minimum atomic E-state index is -0.184. The number of aromatic nitrogens is 2. The molecule has 1 aliphatic rings. The smallest absolute Gasteiger partial charge is 0.273 e. The van der Waals surface area contributed by atoms with Crippen LogP contribution in [0.2, 0.25) is 0 Å². The number of benzene rings is 3. The zero-order chi connectivity index (χ0) is 23.7. The minimum absolute atomic E-state index is 0.00358. The molecule has 2 heterocycles. The number of hydrogen-bond acceptors (Lipinski definition) is 3. The second-order valence-electron chi connectivity index (χ2n) is 9.05. The highest BCUT2D eigenvalue weighted by Gasteiger charge is 2.41. The van der Waals surface area contributed by atoms with Crippen LogP contribution in [-0.4, -0.2) is 34.7 Å². The first kappa shape index (κ1) is 22.0. The first-order valence-corrected chi connectivity index (χ1v) is 11.7. The normalized spacial score (nSPS) is 15.1. The second kappa shape index (κ2) is 9.18. The first-order valence-electron chi connectivity index (χ1n) is 11.7. The van der Waals surface area contributed by atoms with Gasteiger partial charge in [0.25, 0.3) is 5.91 Å². The lowest BCUT2D eigenvalue weighted by atomic mass is 9.93. The van der Waals surface area contributed by atoms with Crippen molar-refractivity contribution >= 4 is 5.91 Å². The molecule has 0 aliphatic carbocycles. The molecule has 1 N–H and O–H groups in total. The molecule has 0 saturated heterocycles. The summed E-state index contributed by atoms with van der Waals surface area (Å²) in [4.78, 5) is 15.5. The maximum absolute atomic E-state index is 13.6. The van der Waals surface area contributed by atoms with Crippen molar-refractivity contribution in [3.63, 3.8) is 0 Å². The molecule has 0 radical (unpaired) electrons. The fraction of sp³-hybridized carbons (Fsp3) is 0.241. The molecule has 0 fully saturated rings.